The molecule has 0 radical (unpaired) electrons. The van der Waals surface area contributed by atoms with E-state index in [1.54, 1.807) is 4.57 Å². The van der Waals surface area contributed by atoms with Crippen molar-refractivity contribution in [2.24, 2.45) is 0 Å². The monoisotopic (exact) mass is 278 g/mol. The summed E-state index contributed by atoms with van der Waals surface area (Å²) in [4.78, 5) is 17.0. The van der Waals surface area contributed by atoms with Gasteiger partial charge in [0.2, 0.25) is 0 Å². The Kier molecular flexibility index (Phi) is 2.14. The van der Waals surface area contributed by atoms with Crippen LogP contribution in [0.25, 0.3) is 10.9 Å². The molecule has 1 aromatic heterocycles. The van der Waals surface area contributed by atoms with Crippen molar-refractivity contribution in [2.45, 2.75) is 24.7 Å². The number of hydrogen-bond donors (Lipinski definition) is 0. The lowest BCUT2D eigenvalue weighted by molar-refractivity contribution is 0.719. The van der Waals surface area contributed by atoms with Gasteiger partial charge in [-0.05, 0) is 25.5 Å². The maximum Gasteiger partial charge on any atom is 0.261 e. The quantitative estimate of drug-likeness (QED) is 0.695. The van der Waals surface area contributed by atoms with Crippen molar-refractivity contribution >= 4 is 26.8 Å². The van der Waals surface area contributed by atoms with Gasteiger partial charge in [0.1, 0.15) is 5.82 Å². The van der Waals surface area contributed by atoms with E-state index < -0.39 is 0 Å². The molecule has 3 rings (SSSR count). The van der Waals surface area contributed by atoms with Gasteiger partial charge in [-0.3, -0.25) is 9.36 Å². The van der Waals surface area contributed by atoms with Gasteiger partial charge >= 0.3 is 0 Å². The molecule has 0 bridgehead atoms. The summed E-state index contributed by atoms with van der Waals surface area (Å²) in [6.45, 7) is 2.75. The average molecular weight is 279 g/mol. The zero-order valence-corrected chi connectivity index (χ0v) is 10.5. The van der Waals surface area contributed by atoms with Crippen LogP contribution < -0.4 is 5.56 Å². The van der Waals surface area contributed by atoms with Gasteiger partial charge in [0, 0.05) is 6.54 Å². The highest BCUT2D eigenvalue weighted by atomic mass is 79.9. The molecule has 1 aliphatic rings. The molecule has 0 fully saturated rings. The second-order valence-corrected chi connectivity index (χ2v) is 5.31. The summed E-state index contributed by atoms with van der Waals surface area (Å²) in [7, 11) is 0. The fourth-order valence-corrected chi connectivity index (χ4v) is 2.73. The Balaban J connectivity index is 2.44. The van der Waals surface area contributed by atoms with Gasteiger partial charge in [-0.25, -0.2) is 4.98 Å². The second kappa shape index (κ2) is 3.42. The van der Waals surface area contributed by atoms with Crippen molar-refractivity contribution < 1.29 is 0 Å². The van der Waals surface area contributed by atoms with Crippen molar-refractivity contribution in [1.82, 2.24) is 9.55 Å². The standard InChI is InChI=1S/C12H11BrN2O/c1-7-2-3-10-8(6-7)12(16)15-5-4-9(13)11(15)14-10/h2-3,6,9H,4-5H2,1H3. The van der Waals surface area contributed by atoms with E-state index in [1.165, 1.54) is 0 Å². The minimum absolute atomic E-state index is 0.0886. The number of hydrogen-bond acceptors (Lipinski definition) is 2. The molecule has 1 unspecified atom stereocenters. The molecule has 0 aliphatic carbocycles. The van der Waals surface area contributed by atoms with Crippen molar-refractivity contribution in [2.75, 3.05) is 0 Å². The summed E-state index contributed by atoms with van der Waals surface area (Å²) in [6.07, 6.45) is 0.942. The van der Waals surface area contributed by atoms with Crippen LogP contribution in [0.15, 0.2) is 23.0 Å². The molecule has 4 heteroatoms. The lowest BCUT2D eigenvalue weighted by Crippen LogP contribution is -2.21. The molecule has 0 amide bonds. The predicted molar refractivity (Wildman–Crippen MR) is 67.0 cm³/mol. The number of benzene rings is 1. The molecule has 0 spiro atoms. The van der Waals surface area contributed by atoms with Gasteiger partial charge in [-0.2, -0.15) is 0 Å². The third-order valence-electron chi connectivity index (χ3n) is 3.03. The molecule has 16 heavy (non-hydrogen) atoms. The van der Waals surface area contributed by atoms with Crippen molar-refractivity contribution in [3.05, 3.63) is 39.9 Å². The summed E-state index contributed by atoms with van der Waals surface area (Å²) in [6, 6.07) is 5.83. The van der Waals surface area contributed by atoms with Crippen LogP contribution in [0.5, 0.6) is 0 Å². The summed E-state index contributed by atoms with van der Waals surface area (Å²) < 4.78 is 1.78. The summed E-state index contributed by atoms with van der Waals surface area (Å²) in [5.41, 5.74) is 1.99. The van der Waals surface area contributed by atoms with Crippen LogP contribution in [0.3, 0.4) is 0 Å². The molecular weight excluding hydrogens is 268 g/mol. The summed E-state index contributed by atoms with van der Waals surface area (Å²) in [5, 5.41) is 0.727. The second-order valence-electron chi connectivity index (χ2n) is 4.20. The molecule has 2 aromatic rings. The van der Waals surface area contributed by atoms with Gasteiger partial charge in [-0.15, -0.1) is 0 Å². The number of halogens is 1. The lowest BCUT2D eigenvalue weighted by atomic mass is 10.2. The van der Waals surface area contributed by atoms with Gasteiger partial charge < -0.3 is 0 Å². The largest absolute Gasteiger partial charge is 0.295 e. The number of rotatable bonds is 0. The Bertz CT molecular complexity index is 633. The Hall–Kier alpha value is -1.16. The van der Waals surface area contributed by atoms with Gasteiger partial charge in [-0.1, -0.05) is 27.6 Å². The van der Waals surface area contributed by atoms with E-state index >= 15 is 0 Å². The molecule has 1 atom stereocenters. The van der Waals surface area contributed by atoms with Gasteiger partial charge in [0.25, 0.3) is 5.56 Å². The highest BCUT2D eigenvalue weighted by molar-refractivity contribution is 9.09. The molecule has 82 valence electrons. The minimum atomic E-state index is 0.0886. The number of alkyl halides is 1. The molecule has 3 nitrogen and oxygen atoms in total. The molecular formula is C12H11BrN2O. The van der Waals surface area contributed by atoms with Crippen LogP contribution in [0.4, 0.5) is 0 Å². The molecule has 1 aliphatic heterocycles. The van der Waals surface area contributed by atoms with E-state index in [-0.39, 0.29) is 10.4 Å². The third-order valence-corrected chi connectivity index (χ3v) is 3.89. The topological polar surface area (TPSA) is 34.9 Å². The van der Waals surface area contributed by atoms with Crippen LogP contribution in [-0.2, 0) is 6.54 Å². The first kappa shape index (κ1) is 10.0. The summed E-state index contributed by atoms with van der Waals surface area (Å²) in [5.74, 6) is 0.862. The zero-order chi connectivity index (χ0) is 11.3. The first-order chi connectivity index (χ1) is 7.66. The third kappa shape index (κ3) is 1.33. The van der Waals surface area contributed by atoms with Crippen molar-refractivity contribution in [3.63, 3.8) is 0 Å². The molecule has 1 aromatic carbocycles. The first-order valence-electron chi connectivity index (χ1n) is 5.32. The Labute approximate surface area is 101 Å². The summed E-state index contributed by atoms with van der Waals surface area (Å²) >= 11 is 3.55. The van der Waals surface area contributed by atoms with Crippen LogP contribution in [0.2, 0.25) is 0 Å². The number of aromatic nitrogens is 2. The Morgan fingerprint density at radius 1 is 1.50 bits per heavy atom. The Morgan fingerprint density at radius 2 is 2.31 bits per heavy atom. The number of aryl methyl sites for hydroxylation is 1. The Morgan fingerprint density at radius 3 is 3.12 bits per heavy atom. The maximum atomic E-state index is 12.2. The molecule has 2 heterocycles. The molecule has 0 N–H and O–H groups in total. The molecule has 0 saturated heterocycles. The normalized spacial score (nSPS) is 19.0. The van der Waals surface area contributed by atoms with Crippen LogP contribution in [0.1, 0.15) is 22.6 Å². The van der Waals surface area contributed by atoms with E-state index in [0.717, 1.165) is 35.3 Å². The minimum Gasteiger partial charge on any atom is -0.295 e. The predicted octanol–water partition coefficient (Wildman–Crippen LogP) is 2.54. The highest BCUT2D eigenvalue weighted by Gasteiger charge is 2.23. The van der Waals surface area contributed by atoms with E-state index in [4.69, 9.17) is 0 Å². The fraction of sp³-hybridized carbons (Fsp3) is 0.333. The van der Waals surface area contributed by atoms with Crippen molar-refractivity contribution in [1.29, 1.82) is 0 Å². The lowest BCUT2D eigenvalue weighted by Gasteiger charge is -2.06. The van der Waals surface area contributed by atoms with E-state index in [2.05, 4.69) is 20.9 Å². The smallest absolute Gasteiger partial charge is 0.261 e. The SMILES string of the molecule is Cc1ccc2nc3n(c(=O)c2c1)CCC3Br. The van der Waals surface area contributed by atoms with E-state index in [1.807, 2.05) is 25.1 Å². The molecule has 0 saturated carbocycles. The van der Waals surface area contributed by atoms with E-state index in [0.29, 0.717) is 0 Å². The first-order valence-corrected chi connectivity index (χ1v) is 6.23. The van der Waals surface area contributed by atoms with Crippen LogP contribution >= 0.6 is 15.9 Å². The zero-order valence-electron chi connectivity index (χ0n) is 8.90. The van der Waals surface area contributed by atoms with Crippen molar-refractivity contribution in [3.8, 4) is 0 Å². The highest BCUT2D eigenvalue weighted by Crippen LogP contribution is 2.31. The number of fused-ring (bicyclic) bond motifs is 2. The fourth-order valence-electron chi connectivity index (χ4n) is 2.18. The average Bonchev–Trinajstić information content (AvgIpc) is 2.63. The number of nitrogens with zero attached hydrogens (tertiary/aromatic N) is 2. The van der Waals surface area contributed by atoms with Gasteiger partial charge in [0.15, 0.2) is 0 Å². The van der Waals surface area contributed by atoms with Gasteiger partial charge in [0.05, 0.1) is 15.7 Å². The maximum absolute atomic E-state index is 12.2. The van der Waals surface area contributed by atoms with E-state index in [9.17, 15) is 4.79 Å². The van der Waals surface area contributed by atoms with Crippen LogP contribution in [0, 0.1) is 6.92 Å². The van der Waals surface area contributed by atoms with Crippen LogP contribution in [-0.4, -0.2) is 9.55 Å².